The van der Waals surface area contributed by atoms with E-state index in [-0.39, 0.29) is 7.33 Å². The Balaban J connectivity index is 0.00000180. The van der Waals surface area contributed by atoms with Crippen LogP contribution in [0.5, 0.6) is 0 Å². The molecular formula is C20H17N5O. The highest BCUT2D eigenvalue weighted by Gasteiger charge is 2.23. The molecular weight excluding hydrogens is 326 g/mol. The molecule has 128 valence electrons. The van der Waals surface area contributed by atoms with Gasteiger partial charge < -0.3 is 10.6 Å². The lowest BCUT2D eigenvalue weighted by Crippen LogP contribution is -2.12. The summed E-state index contributed by atoms with van der Waals surface area (Å²) >= 11 is 0. The van der Waals surface area contributed by atoms with E-state index in [0.717, 1.165) is 33.7 Å². The normalized spacial score (nSPS) is 12.8. The summed E-state index contributed by atoms with van der Waals surface area (Å²) in [7, 11) is 0. The molecule has 1 amide bonds. The van der Waals surface area contributed by atoms with Gasteiger partial charge in [-0.05, 0) is 35.9 Å². The molecule has 0 bridgehead atoms. The van der Waals surface area contributed by atoms with E-state index in [0.29, 0.717) is 12.5 Å². The number of carbonyl (C=O) groups is 1. The van der Waals surface area contributed by atoms with E-state index >= 15 is 0 Å². The molecule has 6 heteroatoms. The van der Waals surface area contributed by atoms with Crippen molar-refractivity contribution in [2.45, 2.75) is 6.54 Å². The second kappa shape index (κ2) is 5.70. The maximum Gasteiger partial charge on any atom is 0.251 e. The van der Waals surface area contributed by atoms with Crippen molar-refractivity contribution in [1.82, 2.24) is 19.9 Å². The van der Waals surface area contributed by atoms with Gasteiger partial charge in [0.1, 0.15) is 0 Å². The summed E-state index contributed by atoms with van der Waals surface area (Å²) in [5.74, 6) is 0.504. The number of benzene rings is 2. The van der Waals surface area contributed by atoms with Crippen LogP contribution in [0.1, 0.15) is 17.3 Å². The molecule has 3 heterocycles. The van der Waals surface area contributed by atoms with Crippen molar-refractivity contribution < 1.29 is 6.22 Å². The Morgan fingerprint density at radius 3 is 2.65 bits per heavy atom. The van der Waals surface area contributed by atoms with Crippen molar-refractivity contribution in [3.8, 4) is 11.3 Å². The van der Waals surface area contributed by atoms with Crippen LogP contribution < -0.4 is 10.6 Å². The molecule has 0 saturated carbocycles. The largest absolute Gasteiger partial charge is 0.348 e. The monoisotopic (exact) mass is 343 g/mol. The Kier molecular flexibility index (Phi) is 3.21. The average Bonchev–Trinajstić information content (AvgIpc) is 3.25. The lowest BCUT2D eigenvalue weighted by molar-refractivity contribution is 0.0966. The summed E-state index contributed by atoms with van der Waals surface area (Å²) in [5, 5.41) is 10.7. The maximum absolute atomic E-state index is 12.0. The van der Waals surface area contributed by atoms with Gasteiger partial charge in [-0.1, -0.05) is 36.4 Å². The third-order valence-electron chi connectivity index (χ3n) is 4.51. The number of nitrogens with one attached hydrogen (secondary N) is 2. The first-order chi connectivity index (χ1) is 12.8. The Hall–Kier alpha value is -3.67. The van der Waals surface area contributed by atoms with Crippen molar-refractivity contribution in [2.75, 3.05) is 5.32 Å². The molecule has 2 aromatic carbocycles. The Bertz CT molecular complexity index is 1140. The van der Waals surface area contributed by atoms with E-state index in [1.807, 2.05) is 71.2 Å². The number of hydrogen-bond donors (Lipinski definition) is 2. The first-order valence-corrected chi connectivity index (χ1v) is 8.38. The minimum absolute atomic E-state index is 0. The predicted octanol–water partition coefficient (Wildman–Crippen LogP) is 3.63. The first-order valence-electron chi connectivity index (χ1n) is 8.38. The predicted molar refractivity (Wildman–Crippen MR) is 101 cm³/mol. The van der Waals surface area contributed by atoms with Gasteiger partial charge in [0.15, 0.2) is 5.65 Å². The molecule has 1 aliphatic heterocycles. The first kappa shape index (κ1) is 14.7. The van der Waals surface area contributed by atoms with Gasteiger partial charge in [0.25, 0.3) is 5.91 Å². The van der Waals surface area contributed by atoms with Crippen LogP contribution in [0, 0.1) is 0 Å². The number of hydrogen-bond acceptors (Lipinski definition) is 4. The van der Waals surface area contributed by atoms with Gasteiger partial charge in [0.2, 0.25) is 5.95 Å². The van der Waals surface area contributed by atoms with E-state index in [1.165, 1.54) is 0 Å². The Labute approximate surface area is 151 Å². The van der Waals surface area contributed by atoms with Crippen molar-refractivity contribution in [3.63, 3.8) is 0 Å². The molecule has 0 spiro atoms. The standard InChI is InChI=1S/C20H15N5O.H2/c26-19-15-9-4-8-14(16(15)12-21-19)17-10-5-11-18-23-20(24-25(17)18)22-13-6-2-1-3-7-13;/h1-11H,12H2,(H,21,26)(H,22,24);1H. The molecule has 0 fully saturated rings. The Morgan fingerprint density at radius 1 is 0.962 bits per heavy atom. The third kappa shape index (κ3) is 2.31. The lowest BCUT2D eigenvalue weighted by atomic mass is 10.0. The van der Waals surface area contributed by atoms with E-state index < -0.39 is 0 Å². The molecule has 4 aromatic rings. The van der Waals surface area contributed by atoms with Crippen LogP contribution in [0.4, 0.5) is 11.6 Å². The summed E-state index contributed by atoms with van der Waals surface area (Å²) in [5.41, 5.74) is 5.29. The zero-order chi connectivity index (χ0) is 17.5. The summed E-state index contributed by atoms with van der Waals surface area (Å²) in [4.78, 5) is 16.5. The highest BCUT2D eigenvalue weighted by molar-refractivity contribution is 6.00. The minimum atomic E-state index is -0.0287. The molecule has 2 aromatic heterocycles. The van der Waals surface area contributed by atoms with E-state index in [1.54, 1.807) is 0 Å². The highest BCUT2D eigenvalue weighted by Crippen LogP contribution is 2.29. The molecule has 26 heavy (non-hydrogen) atoms. The molecule has 0 saturated heterocycles. The minimum Gasteiger partial charge on any atom is -0.348 e. The van der Waals surface area contributed by atoms with Crippen molar-refractivity contribution >= 4 is 23.2 Å². The van der Waals surface area contributed by atoms with Crippen LogP contribution in [0.15, 0.2) is 66.7 Å². The van der Waals surface area contributed by atoms with E-state index in [2.05, 4.69) is 20.7 Å². The number of pyridine rings is 1. The topological polar surface area (TPSA) is 71.3 Å². The number of rotatable bonds is 3. The van der Waals surface area contributed by atoms with Crippen molar-refractivity contribution in [1.29, 1.82) is 0 Å². The SMILES string of the molecule is O=C1NCc2c1cccc2-c1cccc2nc(Nc3ccccc3)nn12.[HH]. The summed E-state index contributed by atoms with van der Waals surface area (Å²) in [6.45, 7) is 0.532. The molecule has 1 aliphatic rings. The number of nitrogens with zero attached hydrogens (tertiary/aromatic N) is 3. The number of aromatic nitrogens is 3. The maximum atomic E-state index is 12.0. The number of carbonyl (C=O) groups excluding carboxylic acids is 1. The fourth-order valence-electron chi connectivity index (χ4n) is 3.31. The molecule has 5 rings (SSSR count). The van der Waals surface area contributed by atoms with Gasteiger partial charge in [0, 0.05) is 24.8 Å². The van der Waals surface area contributed by atoms with Crippen LogP contribution in [0.3, 0.4) is 0 Å². The fourth-order valence-corrected chi connectivity index (χ4v) is 3.31. The molecule has 0 atom stereocenters. The number of amides is 1. The average molecular weight is 343 g/mol. The third-order valence-corrected chi connectivity index (χ3v) is 4.51. The number of para-hydroxylation sites is 1. The van der Waals surface area contributed by atoms with Crippen LogP contribution in [0.2, 0.25) is 0 Å². The van der Waals surface area contributed by atoms with Crippen LogP contribution >= 0.6 is 0 Å². The molecule has 6 nitrogen and oxygen atoms in total. The van der Waals surface area contributed by atoms with Crippen LogP contribution in [-0.2, 0) is 6.54 Å². The van der Waals surface area contributed by atoms with Crippen molar-refractivity contribution in [3.05, 3.63) is 77.9 Å². The summed E-state index contributed by atoms with van der Waals surface area (Å²) in [6.07, 6.45) is 0. The van der Waals surface area contributed by atoms with Crippen molar-refractivity contribution in [2.24, 2.45) is 0 Å². The summed E-state index contributed by atoms with van der Waals surface area (Å²) in [6, 6.07) is 21.4. The van der Waals surface area contributed by atoms with Gasteiger partial charge in [-0.3, -0.25) is 4.79 Å². The second-order valence-electron chi connectivity index (χ2n) is 6.12. The molecule has 0 unspecified atom stereocenters. The van der Waals surface area contributed by atoms with Crippen LogP contribution in [0.25, 0.3) is 16.9 Å². The van der Waals surface area contributed by atoms with Gasteiger partial charge in [0.05, 0.1) is 5.69 Å². The van der Waals surface area contributed by atoms with E-state index in [4.69, 9.17) is 0 Å². The summed E-state index contributed by atoms with van der Waals surface area (Å²) < 4.78 is 1.81. The quantitative estimate of drug-likeness (QED) is 0.596. The molecule has 0 radical (unpaired) electrons. The van der Waals surface area contributed by atoms with Gasteiger partial charge in [-0.15, -0.1) is 5.10 Å². The highest BCUT2D eigenvalue weighted by atomic mass is 16.1. The van der Waals surface area contributed by atoms with Crippen LogP contribution in [-0.4, -0.2) is 20.5 Å². The number of anilines is 2. The second-order valence-corrected chi connectivity index (χ2v) is 6.12. The smallest absolute Gasteiger partial charge is 0.251 e. The van der Waals surface area contributed by atoms with Gasteiger partial charge in [-0.2, -0.15) is 4.98 Å². The lowest BCUT2D eigenvalue weighted by Gasteiger charge is -2.08. The zero-order valence-corrected chi connectivity index (χ0v) is 13.8. The molecule has 0 aliphatic carbocycles. The molecule has 2 N–H and O–H groups in total. The van der Waals surface area contributed by atoms with E-state index in [9.17, 15) is 4.79 Å². The zero-order valence-electron chi connectivity index (χ0n) is 13.8. The fraction of sp³-hybridized carbons (Fsp3) is 0.0500. The number of fused-ring (bicyclic) bond motifs is 2. The Morgan fingerprint density at radius 2 is 1.77 bits per heavy atom. The van der Waals surface area contributed by atoms with Gasteiger partial charge >= 0.3 is 0 Å². The van der Waals surface area contributed by atoms with Gasteiger partial charge in [-0.25, -0.2) is 4.52 Å².